The van der Waals surface area contributed by atoms with Gasteiger partial charge in [0.05, 0.1) is 24.8 Å². The van der Waals surface area contributed by atoms with Gasteiger partial charge in [0.25, 0.3) is 0 Å². The van der Waals surface area contributed by atoms with Crippen LogP contribution in [0.15, 0.2) is 16.6 Å². The highest BCUT2D eigenvalue weighted by Crippen LogP contribution is 2.41. The van der Waals surface area contributed by atoms with Gasteiger partial charge in [0.2, 0.25) is 0 Å². The average molecular weight is 312 g/mol. The first-order valence-electron chi connectivity index (χ1n) is 6.04. The van der Waals surface area contributed by atoms with Crippen molar-refractivity contribution < 1.29 is 14.3 Å². The van der Waals surface area contributed by atoms with Crippen molar-refractivity contribution >= 4 is 27.6 Å². The summed E-state index contributed by atoms with van der Waals surface area (Å²) < 4.78 is 11.6. The molecule has 2 aliphatic heterocycles. The van der Waals surface area contributed by atoms with Crippen LogP contribution in [0, 0.1) is 0 Å². The highest BCUT2D eigenvalue weighted by Gasteiger charge is 2.31. The Labute approximate surface area is 114 Å². The molecule has 1 atom stereocenters. The van der Waals surface area contributed by atoms with Crippen molar-refractivity contribution in [2.24, 2.45) is 0 Å². The normalized spacial score (nSPS) is 22.9. The SMILES string of the molecule is CC1C(=O)Oc2cc(N3CCOCC3)c(Br)cc21. The fourth-order valence-corrected chi connectivity index (χ4v) is 2.97. The first kappa shape index (κ1) is 12.0. The zero-order valence-corrected chi connectivity index (χ0v) is 11.7. The van der Waals surface area contributed by atoms with E-state index in [4.69, 9.17) is 9.47 Å². The summed E-state index contributed by atoms with van der Waals surface area (Å²) in [6.07, 6.45) is 0. The van der Waals surface area contributed by atoms with E-state index in [2.05, 4.69) is 20.8 Å². The number of anilines is 1. The molecule has 2 aliphatic rings. The smallest absolute Gasteiger partial charge is 0.318 e. The summed E-state index contributed by atoms with van der Waals surface area (Å²) in [5.74, 6) is 0.350. The largest absolute Gasteiger partial charge is 0.426 e. The zero-order valence-electron chi connectivity index (χ0n) is 10.1. The van der Waals surface area contributed by atoms with Crippen LogP contribution in [0.1, 0.15) is 18.4 Å². The minimum atomic E-state index is -0.171. The maximum Gasteiger partial charge on any atom is 0.318 e. The lowest BCUT2D eigenvalue weighted by atomic mass is 10.0. The molecular formula is C13H14BrNO3. The molecule has 0 aliphatic carbocycles. The van der Waals surface area contributed by atoms with Crippen LogP contribution < -0.4 is 9.64 Å². The molecule has 1 aromatic rings. The van der Waals surface area contributed by atoms with Gasteiger partial charge in [0.1, 0.15) is 5.75 Å². The molecule has 1 aromatic carbocycles. The Morgan fingerprint density at radius 1 is 1.33 bits per heavy atom. The quantitative estimate of drug-likeness (QED) is 0.589. The van der Waals surface area contributed by atoms with Crippen molar-refractivity contribution in [2.75, 3.05) is 31.2 Å². The molecule has 1 unspecified atom stereocenters. The summed E-state index contributed by atoms with van der Waals surface area (Å²) in [6.45, 7) is 5.07. The number of nitrogens with zero attached hydrogens (tertiary/aromatic N) is 1. The van der Waals surface area contributed by atoms with Crippen molar-refractivity contribution in [1.82, 2.24) is 0 Å². The number of hydrogen-bond acceptors (Lipinski definition) is 4. The monoisotopic (exact) mass is 311 g/mol. The molecule has 4 nitrogen and oxygen atoms in total. The first-order valence-corrected chi connectivity index (χ1v) is 6.84. The molecule has 3 rings (SSSR count). The second-order valence-electron chi connectivity index (χ2n) is 4.58. The molecule has 0 amide bonds. The summed E-state index contributed by atoms with van der Waals surface area (Å²) in [7, 11) is 0. The summed E-state index contributed by atoms with van der Waals surface area (Å²) in [4.78, 5) is 13.8. The van der Waals surface area contributed by atoms with Gasteiger partial charge in [0, 0.05) is 29.2 Å². The van der Waals surface area contributed by atoms with Crippen molar-refractivity contribution in [3.8, 4) is 5.75 Å². The zero-order chi connectivity index (χ0) is 12.7. The summed E-state index contributed by atoms with van der Waals surface area (Å²) in [6, 6.07) is 3.95. The molecule has 1 saturated heterocycles. The van der Waals surface area contributed by atoms with Gasteiger partial charge in [-0.25, -0.2) is 0 Å². The van der Waals surface area contributed by atoms with Crippen LogP contribution in [0.25, 0.3) is 0 Å². The van der Waals surface area contributed by atoms with E-state index >= 15 is 0 Å². The second-order valence-corrected chi connectivity index (χ2v) is 5.44. The van der Waals surface area contributed by atoms with Crippen LogP contribution in [0.3, 0.4) is 0 Å². The van der Waals surface area contributed by atoms with Gasteiger partial charge in [-0.2, -0.15) is 0 Å². The number of ether oxygens (including phenoxy) is 2. The predicted octanol–water partition coefficient (Wildman–Crippen LogP) is 2.31. The van der Waals surface area contributed by atoms with Crippen LogP contribution in [0.4, 0.5) is 5.69 Å². The Morgan fingerprint density at radius 3 is 2.78 bits per heavy atom. The fourth-order valence-electron chi connectivity index (χ4n) is 2.36. The van der Waals surface area contributed by atoms with E-state index in [1.54, 1.807) is 0 Å². The predicted molar refractivity (Wildman–Crippen MR) is 71.2 cm³/mol. The summed E-state index contributed by atoms with van der Waals surface area (Å²) in [5.41, 5.74) is 2.03. The van der Waals surface area contributed by atoms with E-state index in [9.17, 15) is 4.79 Å². The molecule has 0 aromatic heterocycles. The minimum Gasteiger partial charge on any atom is -0.426 e. The number of morpholine rings is 1. The topological polar surface area (TPSA) is 38.8 Å². The number of carbonyl (C=O) groups excluding carboxylic acids is 1. The maximum absolute atomic E-state index is 11.6. The van der Waals surface area contributed by atoms with E-state index in [1.807, 2.05) is 19.1 Å². The lowest BCUT2D eigenvalue weighted by molar-refractivity contribution is -0.133. The van der Waals surface area contributed by atoms with Gasteiger partial charge in [-0.15, -0.1) is 0 Å². The molecule has 0 radical (unpaired) electrons. The van der Waals surface area contributed by atoms with E-state index < -0.39 is 0 Å². The van der Waals surface area contributed by atoms with Crippen molar-refractivity contribution in [2.45, 2.75) is 12.8 Å². The molecule has 18 heavy (non-hydrogen) atoms. The lowest BCUT2D eigenvalue weighted by Gasteiger charge is -2.30. The van der Waals surface area contributed by atoms with Crippen LogP contribution in [-0.2, 0) is 9.53 Å². The number of halogens is 1. The van der Waals surface area contributed by atoms with Gasteiger partial charge >= 0.3 is 5.97 Å². The second kappa shape index (κ2) is 4.55. The van der Waals surface area contributed by atoms with Gasteiger partial charge in [-0.1, -0.05) is 0 Å². The summed E-state index contributed by atoms with van der Waals surface area (Å²) in [5, 5.41) is 0. The van der Waals surface area contributed by atoms with Gasteiger partial charge in [0.15, 0.2) is 0 Å². The van der Waals surface area contributed by atoms with Crippen molar-refractivity contribution in [3.05, 3.63) is 22.2 Å². The molecule has 0 N–H and O–H groups in total. The molecule has 1 fully saturated rings. The molecule has 0 spiro atoms. The van der Waals surface area contributed by atoms with E-state index in [-0.39, 0.29) is 11.9 Å². The molecule has 0 bridgehead atoms. The van der Waals surface area contributed by atoms with Crippen molar-refractivity contribution in [3.63, 3.8) is 0 Å². The average Bonchev–Trinajstić information content (AvgIpc) is 2.66. The number of rotatable bonds is 1. The Kier molecular flexibility index (Phi) is 3.03. The molecule has 96 valence electrons. The maximum atomic E-state index is 11.6. The minimum absolute atomic E-state index is 0.170. The Bertz CT molecular complexity index is 497. The number of esters is 1. The number of carbonyl (C=O) groups is 1. The van der Waals surface area contributed by atoms with Crippen LogP contribution in [0.2, 0.25) is 0 Å². The Morgan fingerprint density at radius 2 is 2.06 bits per heavy atom. The highest BCUT2D eigenvalue weighted by molar-refractivity contribution is 9.10. The Balaban J connectivity index is 1.97. The third-order valence-corrected chi connectivity index (χ3v) is 4.10. The number of hydrogen-bond donors (Lipinski definition) is 0. The summed E-state index contributed by atoms with van der Waals surface area (Å²) >= 11 is 3.58. The first-order chi connectivity index (χ1) is 8.66. The Hall–Kier alpha value is -1.07. The highest BCUT2D eigenvalue weighted by atomic mass is 79.9. The van der Waals surface area contributed by atoms with Gasteiger partial charge < -0.3 is 14.4 Å². The molecule has 5 heteroatoms. The van der Waals surface area contributed by atoms with Crippen LogP contribution in [0.5, 0.6) is 5.75 Å². The fraction of sp³-hybridized carbons (Fsp3) is 0.462. The number of benzene rings is 1. The third-order valence-electron chi connectivity index (χ3n) is 3.46. The third kappa shape index (κ3) is 1.91. The van der Waals surface area contributed by atoms with Gasteiger partial charge in [-0.3, -0.25) is 4.79 Å². The lowest BCUT2D eigenvalue weighted by Crippen LogP contribution is -2.36. The molecular weight excluding hydrogens is 298 g/mol. The van der Waals surface area contributed by atoms with E-state index in [0.29, 0.717) is 5.75 Å². The molecule has 0 saturated carbocycles. The van der Waals surface area contributed by atoms with Crippen molar-refractivity contribution in [1.29, 1.82) is 0 Å². The van der Waals surface area contributed by atoms with E-state index in [0.717, 1.165) is 42.0 Å². The van der Waals surface area contributed by atoms with Crippen LogP contribution in [-0.4, -0.2) is 32.3 Å². The van der Waals surface area contributed by atoms with Crippen LogP contribution >= 0.6 is 15.9 Å². The van der Waals surface area contributed by atoms with E-state index in [1.165, 1.54) is 0 Å². The standard InChI is InChI=1S/C13H14BrNO3/c1-8-9-6-10(14)11(7-12(9)18-13(8)16)15-2-4-17-5-3-15/h6-8H,2-5H2,1H3. The number of fused-ring (bicyclic) bond motifs is 1. The van der Waals surface area contributed by atoms with Gasteiger partial charge in [-0.05, 0) is 28.9 Å². The molecule has 2 heterocycles.